The van der Waals surface area contributed by atoms with Gasteiger partial charge in [-0.05, 0) is 18.4 Å². The molecule has 1 unspecified atom stereocenters. The molecule has 0 saturated carbocycles. The molecule has 1 heterocycles. The lowest BCUT2D eigenvalue weighted by Crippen LogP contribution is -1.94. The van der Waals surface area contributed by atoms with Crippen molar-refractivity contribution in [1.82, 2.24) is 0 Å². The lowest BCUT2D eigenvalue weighted by molar-refractivity contribution is -0.113. The molecule has 0 bridgehead atoms. The van der Waals surface area contributed by atoms with Crippen molar-refractivity contribution >= 4 is 17.0 Å². The summed E-state index contributed by atoms with van der Waals surface area (Å²) in [4.78, 5) is 11.6. The van der Waals surface area contributed by atoms with Crippen molar-refractivity contribution in [3.05, 3.63) is 22.5 Å². The maximum absolute atomic E-state index is 10.8. The molecule has 1 aliphatic rings. The van der Waals surface area contributed by atoms with Crippen LogP contribution in [0.4, 0.5) is 0 Å². The summed E-state index contributed by atoms with van der Waals surface area (Å²) in [5, 5.41) is 1.92. The van der Waals surface area contributed by atoms with Gasteiger partial charge in [-0.25, -0.2) is 0 Å². The summed E-state index contributed by atoms with van der Waals surface area (Å²) in [7, 11) is 1.62. The van der Waals surface area contributed by atoms with Crippen LogP contribution in [0.3, 0.4) is 0 Å². The number of thiol groups is 1. The fourth-order valence-electron chi connectivity index (χ4n) is 0.798. The monoisotopic (exact) mass is 158 g/mol. The Morgan fingerprint density at radius 3 is 2.80 bits per heavy atom. The van der Waals surface area contributed by atoms with Gasteiger partial charge in [-0.3, -0.25) is 4.79 Å². The van der Waals surface area contributed by atoms with Crippen LogP contribution < -0.4 is 0 Å². The molecule has 56 valence electrons. The van der Waals surface area contributed by atoms with Gasteiger partial charge in [-0.2, -0.15) is 0 Å². The Hall–Kier alpha value is -0.540. The van der Waals surface area contributed by atoms with Crippen LogP contribution in [-0.2, 0) is 8.98 Å². The van der Waals surface area contributed by atoms with Gasteiger partial charge in [0.15, 0.2) is 5.78 Å². The largest absolute Gasteiger partial charge is 0.334 e. The number of hydrogen-bond acceptors (Lipinski definition) is 2. The standard InChI is InChI=1S/C7H10O2S/c1-6(8)7-4-3-5-10(7)9-2/h3-5,10H,1-2H3. The van der Waals surface area contributed by atoms with Crippen LogP contribution in [0.5, 0.6) is 0 Å². The average molecular weight is 158 g/mol. The molecule has 0 radical (unpaired) electrons. The van der Waals surface area contributed by atoms with Crippen LogP contribution >= 0.6 is 11.2 Å². The Bertz CT molecular complexity index is 206. The predicted molar refractivity (Wildman–Crippen MR) is 43.9 cm³/mol. The molecule has 0 spiro atoms. The number of carbonyl (C=O) groups is 1. The molecule has 1 aliphatic heterocycles. The Kier molecular flexibility index (Phi) is 2.29. The number of rotatable bonds is 2. The first-order valence-corrected chi connectivity index (χ1v) is 4.31. The predicted octanol–water partition coefficient (Wildman–Crippen LogP) is 1.55. The van der Waals surface area contributed by atoms with E-state index < -0.39 is 11.2 Å². The number of Topliss-reactive ketones (excluding diaryl/α,β-unsaturated/α-hetero) is 1. The summed E-state index contributed by atoms with van der Waals surface area (Å²) >= 11 is -0.715. The highest BCUT2D eigenvalue weighted by Gasteiger charge is 2.13. The highest BCUT2D eigenvalue weighted by Crippen LogP contribution is 2.41. The van der Waals surface area contributed by atoms with E-state index in [0.717, 1.165) is 4.91 Å². The Morgan fingerprint density at radius 2 is 2.40 bits per heavy atom. The number of carbonyl (C=O) groups excluding carboxylic acids is 1. The van der Waals surface area contributed by atoms with Gasteiger partial charge in [0.1, 0.15) is 0 Å². The van der Waals surface area contributed by atoms with E-state index in [1.807, 2.05) is 17.6 Å². The highest BCUT2D eigenvalue weighted by atomic mass is 32.2. The topological polar surface area (TPSA) is 26.3 Å². The van der Waals surface area contributed by atoms with Gasteiger partial charge in [0.25, 0.3) is 0 Å². The molecular formula is C7H10O2S. The van der Waals surface area contributed by atoms with E-state index in [9.17, 15) is 4.79 Å². The molecule has 0 fully saturated rings. The Labute approximate surface area is 63.1 Å². The summed E-state index contributed by atoms with van der Waals surface area (Å²) in [6.07, 6.45) is 3.68. The van der Waals surface area contributed by atoms with Crippen LogP contribution in [0.1, 0.15) is 6.92 Å². The quantitative estimate of drug-likeness (QED) is 0.617. The average Bonchev–Trinajstić information content (AvgIpc) is 2.33. The molecule has 0 saturated heterocycles. The third-order valence-electron chi connectivity index (χ3n) is 1.27. The van der Waals surface area contributed by atoms with Crippen molar-refractivity contribution in [2.24, 2.45) is 0 Å². The molecule has 0 aromatic heterocycles. The summed E-state index contributed by atoms with van der Waals surface area (Å²) < 4.78 is 5.07. The third kappa shape index (κ3) is 1.30. The molecular weight excluding hydrogens is 148 g/mol. The molecule has 1 atom stereocenters. The van der Waals surface area contributed by atoms with Crippen LogP contribution in [0.15, 0.2) is 22.5 Å². The minimum Gasteiger partial charge on any atom is -0.334 e. The van der Waals surface area contributed by atoms with Crippen molar-refractivity contribution in [1.29, 1.82) is 0 Å². The van der Waals surface area contributed by atoms with E-state index in [4.69, 9.17) is 4.18 Å². The fourth-order valence-corrected chi connectivity index (χ4v) is 2.06. The van der Waals surface area contributed by atoms with Gasteiger partial charge in [0.2, 0.25) is 0 Å². The first-order chi connectivity index (χ1) is 4.75. The first-order valence-electron chi connectivity index (χ1n) is 2.98. The molecule has 0 aliphatic carbocycles. The van der Waals surface area contributed by atoms with Gasteiger partial charge in [-0.15, -0.1) is 0 Å². The summed E-state index contributed by atoms with van der Waals surface area (Å²) in [5.74, 6) is 0.109. The lowest BCUT2D eigenvalue weighted by atomic mass is 10.4. The van der Waals surface area contributed by atoms with Gasteiger partial charge < -0.3 is 4.18 Å². The van der Waals surface area contributed by atoms with E-state index >= 15 is 0 Å². The van der Waals surface area contributed by atoms with Crippen molar-refractivity contribution in [2.45, 2.75) is 6.92 Å². The number of hydrogen-bond donors (Lipinski definition) is 1. The van der Waals surface area contributed by atoms with Crippen molar-refractivity contribution in [3.63, 3.8) is 0 Å². The second-order valence-electron chi connectivity index (χ2n) is 1.96. The maximum Gasteiger partial charge on any atom is 0.166 e. The van der Waals surface area contributed by atoms with Gasteiger partial charge in [0.05, 0.1) is 4.91 Å². The van der Waals surface area contributed by atoms with Gasteiger partial charge in [0, 0.05) is 7.11 Å². The summed E-state index contributed by atoms with van der Waals surface area (Å²) in [6.45, 7) is 1.56. The molecule has 10 heavy (non-hydrogen) atoms. The zero-order valence-electron chi connectivity index (χ0n) is 6.00. The van der Waals surface area contributed by atoms with Gasteiger partial charge >= 0.3 is 0 Å². The molecule has 0 aromatic carbocycles. The fraction of sp³-hybridized carbons (Fsp3) is 0.286. The zero-order valence-corrected chi connectivity index (χ0v) is 6.89. The first kappa shape index (κ1) is 7.57. The normalized spacial score (nSPS) is 26.6. The number of allylic oxidation sites excluding steroid dienone is 3. The smallest absolute Gasteiger partial charge is 0.166 e. The summed E-state index contributed by atoms with van der Waals surface area (Å²) in [5.41, 5.74) is 0. The van der Waals surface area contributed by atoms with Crippen LogP contribution in [0, 0.1) is 0 Å². The highest BCUT2D eigenvalue weighted by molar-refractivity contribution is 8.19. The Morgan fingerprint density at radius 1 is 1.70 bits per heavy atom. The van der Waals surface area contributed by atoms with Crippen LogP contribution in [0.2, 0.25) is 0 Å². The van der Waals surface area contributed by atoms with Gasteiger partial charge in [-0.1, -0.05) is 17.3 Å². The maximum atomic E-state index is 10.8. The van der Waals surface area contributed by atoms with E-state index in [2.05, 4.69) is 0 Å². The van der Waals surface area contributed by atoms with E-state index in [-0.39, 0.29) is 5.78 Å². The molecule has 0 aromatic rings. The lowest BCUT2D eigenvalue weighted by Gasteiger charge is -2.12. The SMILES string of the molecule is CO[SH]1C=CC=C1C(C)=O. The number of ketones is 1. The minimum atomic E-state index is -0.715. The third-order valence-corrected chi connectivity index (χ3v) is 3.05. The second kappa shape index (κ2) is 3.03. The van der Waals surface area contributed by atoms with Crippen molar-refractivity contribution in [3.8, 4) is 0 Å². The van der Waals surface area contributed by atoms with Crippen LogP contribution in [0.25, 0.3) is 0 Å². The molecule has 2 nitrogen and oxygen atoms in total. The summed E-state index contributed by atoms with van der Waals surface area (Å²) in [6, 6.07) is 0. The van der Waals surface area contributed by atoms with E-state index in [1.165, 1.54) is 0 Å². The zero-order chi connectivity index (χ0) is 7.56. The van der Waals surface area contributed by atoms with E-state index in [0.29, 0.717) is 0 Å². The molecule has 1 rings (SSSR count). The van der Waals surface area contributed by atoms with Crippen molar-refractivity contribution in [2.75, 3.05) is 7.11 Å². The second-order valence-corrected chi connectivity index (χ2v) is 3.75. The molecule has 0 amide bonds. The Balaban J connectivity index is 2.71. The van der Waals surface area contributed by atoms with Crippen molar-refractivity contribution < 1.29 is 8.98 Å². The minimum absolute atomic E-state index is 0.109. The molecule has 0 N–H and O–H groups in total. The molecule has 3 heteroatoms. The van der Waals surface area contributed by atoms with E-state index in [1.54, 1.807) is 14.0 Å². The van der Waals surface area contributed by atoms with Crippen LogP contribution in [-0.4, -0.2) is 12.9 Å².